The van der Waals surface area contributed by atoms with Gasteiger partial charge in [0.15, 0.2) is 0 Å². The van der Waals surface area contributed by atoms with Crippen molar-refractivity contribution in [2.24, 2.45) is 5.92 Å². The van der Waals surface area contributed by atoms with Crippen molar-refractivity contribution in [3.05, 3.63) is 0 Å². The van der Waals surface area contributed by atoms with Crippen LogP contribution in [0.3, 0.4) is 0 Å². The Morgan fingerprint density at radius 3 is 2.38 bits per heavy atom. The minimum Gasteiger partial charge on any atom is -0.300 e. The van der Waals surface area contributed by atoms with Gasteiger partial charge in [-0.05, 0) is 44.7 Å². The second kappa shape index (κ2) is 4.45. The highest BCUT2D eigenvalue weighted by Gasteiger charge is 2.25. The topological polar surface area (TPSA) is 3.24 Å². The van der Waals surface area contributed by atoms with Crippen LogP contribution in [-0.4, -0.2) is 24.0 Å². The van der Waals surface area contributed by atoms with E-state index < -0.39 is 0 Å². The molecule has 1 heteroatoms. The van der Waals surface area contributed by atoms with Crippen molar-refractivity contribution in [2.45, 2.75) is 57.9 Å². The van der Waals surface area contributed by atoms with Crippen LogP contribution in [-0.2, 0) is 0 Å². The Kier molecular flexibility index (Phi) is 3.26. The van der Waals surface area contributed by atoms with E-state index in [0.717, 1.165) is 12.0 Å². The van der Waals surface area contributed by atoms with E-state index in [0.29, 0.717) is 0 Å². The fourth-order valence-electron chi connectivity index (χ4n) is 3.02. The van der Waals surface area contributed by atoms with Crippen molar-refractivity contribution in [3.63, 3.8) is 0 Å². The molecule has 76 valence electrons. The van der Waals surface area contributed by atoms with Crippen molar-refractivity contribution in [1.29, 1.82) is 0 Å². The van der Waals surface area contributed by atoms with E-state index in [4.69, 9.17) is 0 Å². The van der Waals surface area contributed by atoms with Gasteiger partial charge in [0, 0.05) is 6.04 Å². The molecule has 0 aromatic carbocycles. The largest absolute Gasteiger partial charge is 0.300 e. The smallest absolute Gasteiger partial charge is 0.00977 e. The van der Waals surface area contributed by atoms with Crippen LogP contribution in [0.25, 0.3) is 0 Å². The summed E-state index contributed by atoms with van der Waals surface area (Å²) in [5.41, 5.74) is 0. The van der Waals surface area contributed by atoms with E-state index in [-0.39, 0.29) is 0 Å². The summed E-state index contributed by atoms with van der Waals surface area (Å²) in [5.74, 6) is 0.987. The summed E-state index contributed by atoms with van der Waals surface area (Å²) in [4.78, 5) is 2.76. The normalized spacial score (nSPS) is 37.6. The number of nitrogens with zero attached hydrogens (tertiary/aromatic N) is 1. The highest BCUT2D eigenvalue weighted by atomic mass is 15.2. The SMILES string of the molecule is CC1CCCC(N2CCCCC2)C1. The molecule has 1 aliphatic carbocycles. The Morgan fingerprint density at radius 1 is 0.923 bits per heavy atom. The van der Waals surface area contributed by atoms with Crippen LogP contribution in [0.5, 0.6) is 0 Å². The lowest BCUT2D eigenvalue weighted by molar-refractivity contribution is 0.113. The molecular formula is C12H23N. The second-order valence-electron chi connectivity index (χ2n) is 5.02. The first kappa shape index (κ1) is 9.51. The third-order valence-electron chi connectivity index (χ3n) is 3.82. The summed E-state index contributed by atoms with van der Waals surface area (Å²) in [5, 5.41) is 0. The van der Waals surface area contributed by atoms with Crippen molar-refractivity contribution >= 4 is 0 Å². The fraction of sp³-hybridized carbons (Fsp3) is 1.00. The summed E-state index contributed by atoms with van der Waals surface area (Å²) in [6.07, 6.45) is 10.3. The summed E-state index contributed by atoms with van der Waals surface area (Å²) in [7, 11) is 0. The van der Waals surface area contributed by atoms with Crippen LogP contribution in [0.15, 0.2) is 0 Å². The maximum Gasteiger partial charge on any atom is 0.00977 e. The maximum absolute atomic E-state index is 2.76. The average Bonchev–Trinajstić information content (AvgIpc) is 2.19. The van der Waals surface area contributed by atoms with Gasteiger partial charge in [0.2, 0.25) is 0 Å². The summed E-state index contributed by atoms with van der Waals surface area (Å²) < 4.78 is 0. The lowest BCUT2D eigenvalue weighted by Gasteiger charge is -2.38. The van der Waals surface area contributed by atoms with Gasteiger partial charge in [-0.2, -0.15) is 0 Å². The van der Waals surface area contributed by atoms with Gasteiger partial charge in [-0.3, -0.25) is 0 Å². The van der Waals surface area contributed by atoms with Gasteiger partial charge in [-0.25, -0.2) is 0 Å². The molecule has 0 spiro atoms. The van der Waals surface area contributed by atoms with Crippen molar-refractivity contribution in [3.8, 4) is 0 Å². The number of hydrogen-bond acceptors (Lipinski definition) is 1. The predicted octanol–water partition coefficient (Wildman–Crippen LogP) is 3.05. The van der Waals surface area contributed by atoms with Crippen LogP contribution in [0, 0.1) is 5.92 Å². The molecule has 2 aliphatic rings. The molecular weight excluding hydrogens is 158 g/mol. The highest BCUT2D eigenvalue weighted by molar-refractivity contribution is 4.80. The molecule has 0 amide bonds. The number of rotatable bonds is 1. The first-order chi connectivity index (χ1) is 6.36. The first-order valence-electron chi connectivity index (χ1n) is 6.10. The zero-order chi connectivity index (χ0) is 9.10. The molecule has 1 saturated heterocycles. The third-order valence-corrected chi connectivity index (χ3v) is 3.82. The van der Waals surface area contributed by atoms with Crippen molar-refractivity contribution < 1.29 is 0 Å². The predicted molar refractivity (Wildman–Crippen MR) is 56.8 cm³/mol. The first-order valence-corrected chi connectivity index (χ1v) is 6.10. The van der Waals surface area contributed by atoms with Crippen LogP contribution in [0.2, 0.25) is 0 Å². The standard InChI is InChI=1S/C12H23N/c1-11-6-5-7-12(10-11)13-8-3-2-4-9-13/h11-12H,2-10H2,1H3. The zero-order valence-corrected chi connectivity index (χ0v) is 8.97. The molecule has 1 saturated carbocycles. The molecule has 1 nitrogen and oxygen atoms in total. The molecule has 0 bridgehead atoms. The van der Waals surface area contributed by atoms with E-state index in [1.165, 1.54) is 58.0 Å². The Bertz CT molecular complexity index is 149. The van der Waals surface area contributed by atoms with Crippen molar-refractivity contribution in [2.75, 3.05) is 13.1 Å². The monoisotopic (exact) mass is 181 g/mol. The number of hydrogen-bond donors (Lipinski definition) is 0. The quantitative estimate of drug-likeness (QED) is 0.601. The molecule has 2 atom stereocenters. The van der Waals surface area contributed by atoms with Gasteiger partial charge < -0.3 is 4.90 Å². The summed E-state index contributed by atoms with van der Waals surface area (Å²) in [6, 6.07) is 0.948. The Morgan fingerprint density at radius 2 is 1.69 bits per heavy atom. The molecule has 1 heterocycles. The minimum atomic E-state index is 0.948. The Balaban J connectivity index is 1.83. The highest BCUT2D eigenvalue weighted by Crippen LogP contribution is 2.28. The third kappa shape index (κ3) is 2.46. The van der Waals surface area contributed by atoms with Crippen LogP contribution < -0.4 is 0 Å². The molecule has 2 unspecified atom stereocenters. The van der Waals surface area contributed by atoms with Crippen LogP contribution in [0.4, 0.5) is 0 Å². The molecule has 2 fully saturated rings. The summed E-state index contributed by atoms with van der Waals surface area (Å²) >= 11 is 0. The molecule has 1 aliphatic heterocycles. The van der Waals surface area contributed by atoms with Gasteiger partial charge in [0.25, 0.3) is 0 Å². The molecule has 0 aromatic heterocycles. The summed E-state index contributed by atoms with van der Waals surface area (Å²) in [6.45, 7) is 5.20. The van der Waals surface area contributed by atoms with Gasteiger partial charge in [0.05, 0.1) is 0 Å². The van der Waals surface area contributed by atoms with E-state index in [1.54, 1.807) is 0 Å². The second-order valence-corrected chi connectivity index (χ2v) is 5.02. The van der Waals surface area contributed by atoms with E-state index in [1.807, 2.05) is 0 Å². The fourth-order valence-corrected chi connectivity index (χ4v) is 3.02. The lowest BCUT2D eigenvalue weighted by atomic mass is 9.85. The Labute approximate surface area is 82.5 Å². The average molecular weight is 181 g/mol. The maximum atomic E-state index is 2.76. The molecule has 0 aromatic rings. The van der Waals surface area contributed by atoms with Gasteiger partial charge >= 0.3 is 0 Å². The zero-order valence-electron chi connectivity index (χ0n) is 8.97. The molecule has 13 heavy (non-hydrogen) atoms. The number of likely N-dealkylation sites (tertiary alicyclic amines) is 1. The van der Waals surface area contributed by atoms with Crippen molar-refractivity contribution in [1.82, 2.24) is 4.90 Å². The molecule has 0 N–H and O–H groups in total. The lowest BCUT2D eigenvalue weighted by Crippen LogP contribution is -2.41. The van der Waals surface area contributed by atoms with E-state index >= 15 is 0 Å². The van der Waals surface area contributed by atoms with E-state index in [9.17, 15) is 0 Å². The molecule has 2 rings (SSSR count). The van der Waals surface area contributed by atoms with Gasteiger partial charge in [-0.1, -0.05) is 26.2 Å². The Hall–Kier alpha value is -0.0400. The van der Waals surface area contributed by atoms with Crippen LogP contribution in [0.1, 0.15) is 51.9 Å². The van der Waals surface area contributed by atoms with E-state index in [2.05, 4.69) is 11.8 Å². The molecule has 0 radical (unpaired) electrons. The van der Waals surface area contributed by atoms with Crippen LogP contribution >= 0.6 is 0 Å². The number of piperidine rings is 1. The van der Waals surface area contributed by atoms with Gasteiger partial charge in [0.1, 0.15) is 0 Å². The van der Waals surface area contributed by atoms with Gasteiger partial charge in [-0.15, -0.1) is 0 Å². The minimum absolute atomic E-state index is 0.948.